The van der Waals surface area contributed by atoms with Gasteiger partial charge in [0.15, 0.2) is 0 Å². The van der Waals surface area contributed by atoms with E-state index in [1.54, 1.807) is 0 Å². The molecule has 0 unspecified atom stereocenters. The molecule has 0 N–H and O–H groups in total. The van der Waals surface area contributed by atoms with Gasteiger partial charge in [-0.2, -0.15) is 0 Å². The number of benzene rings is 3. The lowest BCUT2D eigenvalue weighted by molar-refractivity contribution is -0.140. The third-order valence-corrected chi connectivity index (χ3v) is 7.38. The molecule has 4 nitrogen and oxygen atoms in total. The first-order chi connectivity index (χ1) is 18.4. The van der Waals surface area contributed by atoms with Crippen molar-refractivity contribution in [3.8, 4) is 22.6 Å². The summed E-state index contributed by atoms with van der Waals surface area (Å²) in [5.41, 5.74) is 9.71. The van der Waals surface area contributed by atoms with Gasteiger partial charge in [0, 0.05) is 11.5 Å². The number of unbranched alkanes of at least 4 members (excludes halogenated alkanes) is 1. The van der Waals surface area contributed by atoms with E-state index in [9.17, 15) is 4.79 Å². The number of carbonyl (C=O) groups excluding carboxylic acids is 1. The second kappa shape index (κ2) is 12.8. The number of esters is 1. The fourth-order valence-electron chi connectivity index (χ4n) is 5.21. The zero-order valence-electron chi connectivity index (χ0n) is 23.4. The SMILES string of the molecule is CCCCOc1ccc(C)cc1-c1ccc(COc2ccc3c(c2)CCC(=C(C)C)[C@H]3CC(=O)OC)cc1. The highest BCUT2D eigenvalue weighted by Gasteiger charge is 2.28. The molecule has 0 radical (unpaired) electrons. The Kier molecular flexibility index (Phi) is 9.28. The summed E-state index contributed by atoms with van der Waals surface area (Å²) >= 11 is 0. The molecule has 0 amide bonds. The van der Waals surface area contributed by atoms with E-state index in [1.165, 1.54) is 34.9 Å². The topological polar surface area (TPSA) is 44.8 Å². The second-order valence-corrected chi connectivity index (χ2v) is 10.4. The molecule has 1 aliphatic rings. The van der Waals surface area contributed by atoms with Crippen LogP contribution in [-0.4, -0.2) is 19.7 Å². The second-order valence-electron chi connectivity index (χ2n) is 10.4. The maximum atomic E-state index is 12.1. The summed E-state index contributed by atoms with van der Waals surface area (Å²) in [6.07, 6.45) is 4.46. The molecule has 0 saturated carbocycles. The molecule has 38 heavy (non-hydrogen) atoms. The predicted octanol–water partition coefficient (Wildman–Crippen LogP) is 8.35. The summed E-state index contributed by atoms with van der Waals surface area (Å²) in [6.45, 7) is 9.78. The monoisotopic (exact) mass is 512 g/mol. The first-order valence-corrected chi connectivity index (χ1v) is 13.7. The van der Waals surface area contributed by atoms with Gasteiger partial charge in [-0.05, 0) is 86.6 Å². The highest BCUT2D eigenvalue weighted by molar-refractivity contribution is 5.72. The fourth-order valence-corrected chi connectivity index (χ4v) is 5.21. The molecule has 3 aromatic carbocycles. The van der Waals surface area contributed by atoms with Gasteiger partial charge in [-0.15, -0.1) is 0 Å². The van der Waals surface area contributed by atoms with Crippen molar-refractivity contribution in [2.45, 2.75) is 72.3 Å². The summed E-state index contributed by atoms with van der Waals surface area (Å²) in [4.78, 5) is 12.1. The van der Waals surface area contributed by atoms with Crippen LogP contribution in [0.15, 0.2) is 71.8 Å². The van der Waals surface area contributed by atoms with Crippen LogP contribution < -0.4 is 9.47 Å². The summed E-state index contributed by atoms with van der Waals surface area (Å²) in [5.74, 6) is 1.70. The number of aryl methyl sites for hydroxylation is 2. The Morgan fingerprint density at radius 3 is 2.45 bits per heavy atom. The Bertz CT molecular complexity index is 1280. The molecule has 0 saturated heterocycles. The van der Waals surface area contributed by atoms with E-state index in [0.717, 1.165) is 60.5 Å². The highest BCUT2D eigenvalue weighted by atomic mass is 16.5. The molecule has 0 spiro atoms. The molecule has 0 heterocycles. The molecule has 3 aromatic rings. The Labute approximate surface area is 227 Å². The molecular formula is C34H40O4. The van der Waals surface area contributed by atoms with Crippen molar-refractivity contribution in [1.82, 2.24) is 0 Å². The largest absolute Gasteiger partial charge is 0.493 e. The van der Waals surface area contributed by atoms with Gasteiger partial charge in [0.1, 0.15) is 18.1 Å². The molecule has 0 aromatic heterocycles. The van der Waals surface area contributed by atoms with Crippen LogP contribution >= 0.6 is 0 Å². The Morgan fingerprint density at radius 1 is 0.947 bits per heavy atom. The minimum absolute atomic E-state index is 0.0789. The van der Waals surface area contributed by atoms with Crippen LogP contribution in [0.5, 0.6) is 11.5 Å². The molecule has 1 atom stereocenters. The van der Waals surface area contributed by atoms with Crippen molar-refractivity contribution >= 4 is 5.97 Å². The minimum Gasteiger partial charge on any atom is -0.493 e. The van der Waals surface area contributed by atoms with E-state index < -0.39 is 0 Å². The molecule has 0 aliphatic heterocycles. The van der Waals surface area contributed by atoms with Gasteiger partial charge in [-0.3, -0.25) is 4.79 Å². The molecule has 4 rings (SSSR count). The fraction of sp³-hybridized carbons (Fsp3) is 0.382. The number of rotatable bonds is 10. The zero-order chi connectivity index (χ0) is 27.1. The van der Waals surface area contributed by atoms with Gasteiger partial charge < -0.3 is 14.2 Å². The standard InChI is InChI=1S/C34H40O4/c1-6-7-18-37-33-17-8-24(4)19-31(33)26-11-9-25(10-12-26)22-38-28-14-16-30-27(20-28)13-15-29(23(2)3)32(30)21-34(35)36-5/h8-12,14,16-17,19-20,32H,6-7,13,15,18,21-22H2,1-5H3/t32-/m1/s1. The van der Waals surface area contributed by atoms with Crippen LogP contribution in [0.2, 0.25) is 0 Å². The normalized spacial score (nSPS) is 14.6. The van der Waals surface area contributed by atoms with Crippen molar-refractivity contribution in [3.05, 3.63) is 94.1 Å². The molecule has 4 heteroatoms. The number of allylic oxidation sites excluding steroid dienone is 2. The summed E-state index contributed by atoms with van der Waals surface area (Å²) in [7, 11) is 1.46. The number of fused-ring (bicyclic) bond motifs is 1. The van der Waals surface area contributed by atoms with E-state index in [1.807, 2.05) is 6.07 Å². The van der Waals surface area contributed by atoms with Gasteiger partial charge in [0.25, 0.3) is 0 Å². The van der Waals surface area contributed by atoms with E-state index in [0.29, 0.717) is 13.0 Å². The van der Waals surface area contributed by atoms with Crippen molar-refractivity contribution in [3.63, 3.8) is 0 Å². The van der Waals surface area contributed by atoms with Gasteiger partial charge >= 0.3 is 5.97 Å². The van der Waals surface area contributed by atoms with Crippen molar-refractivity contribution in [1.29, 1.82) is 0 Å². The molecule has 200 valence electrons. The number of ether oxygens (including phenoxy) is 3. The maximum Gasteiger partial charge on any atom is 0.306 e. The molecule has 1 aliphatic carbocycles. The number of methoxy groups -OCH3 is 1. The molecule has 0 bridgehead atoms. The Morgan fingerprint density at radius 2 is 1.74 bits per heavy atom. The number of hydrogen-bond donors (Lipinski definition) is 0. The smallest absolute Gasteiger partial charge is 0.306 e. The zero-order valence-corrected chi connectivity index (χ0v) is 23.4. The van der Waals surface area contributed by atoms with E-state index >= 15 is 0 Å². The van der Waals surface area contributed by atoms with Crippen molar-refractivity contribution in [2.75, 3.05) is 13.7 Å². The number of carbonyl (C=O) groups is 1. The minimum atomic E-state index is -0.171. The van der Waals surface area contributed by atoms with Crippen LogP contribution in [0.4, 0.5) is 0 Å². The van der Waals surface area contributed by atoms with Crippen LogP contribution in [0.25, 0.3) is 11.1 Å². The van der Waals surface area contributed by atoms with Gasteiger partial charge in [0.2, 0.25) is 0 Å². The Hall–Kier alpha value is -3.53. The molecule has 0 fully saturated rings. The Balaban J connectivity index is 1.46. The third-order valence-electron chi connectivity index (χ3n) is 7.38. The van der Waals surface area contributed by atoms with Crippen LogP contribution in [0, 0.1) is 6.92 Å². The first kappa shape index (κ1) is 27.5. The van der Waals surface area contributed by atoms with Gasteiger partial charge in [-0.1, -0.05) is 66.5 Å². The quantitative estimate of drug-likeness (QED) is 0.156. The number of hydrogen-bond acceptors (Lipinski definition) is 4. The van der Waals surface area contributed by atoms with Gasteiger partial charge in [0.05, 0.1) is 20.1 Å². The predicted molar refractivity (Wildman–Crippen MR) is 154 cm³/mol. The summed E-state index contributed by atoms with van der Waals surface area (Å²) in [5, 5.41) is 0. The third kappa shape index (κ3) is 6.66. The highest BCUT2D eigenvalue weighted by Crippen LogP contribution is 2.41. The van der Waals surface area contributed by atoms with E-state index in [-0.39, 0.29) is 11.9 Å². The van der Waals surface area contributed by atoms with Crippen molar-refractivity contribution < 1.29 is 19.0 Å². The van der Waals surface area contributed by atoms with E-state index in [4.69, 9.17) is 14.2 Å². The van der Waals surface area contributed by atoms with Crippen LogP contribution in [-0.2, 0) is 22.6 Å². The lowest BCUT2D eigenvalue weighted by atomic mass is 9.76. The first-order valence-electron chi connectivity index (χ1n) is 13.7. The average molecular weight is 513 g/mol. The molecular weight excluding hydrogens is 472 g/mol. The average Bonchev–Trinajstić information content (AvgIpc) is 2.92. The van der Waals surface area contributed by atoms with Crippen molar-refractivity contribution in [2.24, 2.45) is 0 Å². The van der Waals surface area contributed by atoms with E-state index in [2.05, 4.69) is 82.3 Å². The lowest BCUT2D eigenvalue weighted by Crippen LogP contribution is -2.18. The summed E-state index contributed by atoms with van der Waals surface area (Å²) in [6, 6.07) is 21.2. The lowest BCUT2D eigenvalue weighted by Gasteiger charge is -2.29. The van der Waals surface area contributed by atoms with Crippen LogP contribution in [0.1, 0.15) is 74.6 Å². The summed E-state index contributed by atoms with van der Waals surface area (Å²) < 4.78 is 17.2. The maximum absolute atomic E-state index is 12.1. The van der Waals surface area contributed by atoms with Gasteiger partial charge in [-0.25, -0.2) is 0 Å². The van der Waals surface area contributed by atoms with Crippen LogP contribution in [0.3, 0.4) is 0 Å².